The van der Waals surface area contributed by atoms with Gasteiger partial charge in [-0.3, -0.25) is 14.3 Å². The first-order valence-electron chi connectivity index (χ1n) is 16.4. The van der Waals surface area contributed by atoms with Crippen LogP contribution >= 0.6 is 11.6 Å². The maximum absolute atomic E-state index is 13.2. The second kappa shape index (κ2) is 15.9. The van der Waals surface area contributed by atoms with Gasteiger partial charge in [0, 0.05) is 24.7 Å². The highest BCUT2D eigenvalue weighted by Crippen LogP contribution is 2.29. The molecule has 5 aromatic carbocycles. The van der Waals surface area contributed by atoms with Gasteiger partial charge in [-0.1, -0.05) is 54.1 Å². The largest absolute Gasteiger partial charge is 0.488 e. The first-order chi connectivity index (χ1) is 25.6. The van der Waals surface area contributed by atoms with Crippen LogP contribution < -0.4 is 14.2 Å². The number of aromatic carboxylic acids is 2. The lowest BCUT2D eigenvalue weighted by molar-refractivity contribution is 0.0144. The average Bonchev–Trinajstić information content (AvgIpc) is 3.11. The number of anilines is 2. The summed E-state index contributed by atoms with van der Waals surface area (Å²) in [6.07, 6.45) is -0.235. The number of halogens is 2. The predicted molar refractivity (Wildman–Crippen MR) is 202 cm³/mol. The minimum absolute atomic E-state index is 0.0443. The van der Waals surface area contributed by atoms with E-state index in [0.717, 1.165) is 11.1 Å². The minimum Gasteiger partial charge on any atom is -0.488 e. The molecule has 0 aromatic heterocycles. The summed E-state index contributed by atoms with van der Waals surface area (Å²) >= 11 is 5.95. The van der Waals surface area contributed by atoms with Gasteiger partial charge < -0.3 is 14.9 Å². The number of carboxylic acid groups (broad SMARTS) is 2. The van der Waals surface area contributed by atoms with Crippen LogP contribution in [0.5, 0.6) is 5.75 Å². The van der Waals surface area contributed by atoms with Gasteiger partial charge in [0.2, 0.25) is 10.0 Å². The third kappa shape index (κ3) is 9.54. The second-order valence-electron chi connectivity index (χ2n) is 12.6. The molecule has 0 spiro atoms. The van der Waals surface area contributed by atoms with E-state index in [1.54, 1.807) is 30.3 Å². The monoisotopic (exact) mass is 793 g/mol. The Morgan fingerprint density at radius 1 is 0.741 bits per heavy atom. The number of hydrogen-bond acceptors (Lipinski definition) is 8. The number of nitrogens with zero attached hydrogens (tertiary/aromatic N) is 1. The molecule has 1 aliphatic rings. The summed E-state index contributed by atoms with van der Waals surface area (Å²) in [7, 11) is -8.06. The van der Waals surface area contributed by atoms with Crippen LogP contribution in [0.15, 0.2) is 114 Å². The lowest BCUT2D eigenvalue weighted by Gasteiger charge is -2.39. The molecule has 0 unspecified atom stereocenters. The van der Waals surface area contributed by atoms with Crippen molar-refractivity contribution in [3.8, 4) is 16.9 Å². The summed E-state index contributed by atoms with van der Waals surface area (Å²) < 4.78 is 75.5. The summed E-state index contributed by atoms with van der Waals surface area (Å²) in [5.41, 5.74) is 2.10. The Hall–Kier alpha value is -5.48. The Bertz CT molecular complexity index is 2410. The SMILES string of the molecule is O=C(O)c1cc(OC2CN(Cc3ccc(NS(=O)(=O)c4ccc(-c5ccc(Cl)cc5)cc4)c(C(=O)O)c3)C2)ccc1NS(=O)(=O)CCc1ccc(F)cc1. The number of ether oxygens (including phenoxy) is 1. The van der Waals surface area contributed by atoms with Crippen LogP contribution in [0.4, 0.5) is 15.8 Å². The highest BCUT2D eigenvalue weighted by molar-refractivity contribution is 7.93. The van der Waals surface area contributed by atoms with Crippen LogP contribution in [0.3, 0.4) is 0 Å². The van der Waals surface area contributed by atoms with Gasteiger partial charge in [0.15, 0.2) is 0 Å². The molecule has 0 aliphatic carbocycles. The third-order valence-corrected chi connectivity index (χ3v) is 11.5. The van der Waals surface area contributed by atoms with Crippen LogP contribution in [-0.4, -0.2) is 68.8 Å². The Morgan fingerprint density at radius 2 is 1.30 bits per heavy atom. The number of carboxylic acids is 2. The molecule has 0 bridgehead atoms. The second-order valence-corrected chi connectivity index (χ2v) is 16.5. The Morgan fingerprint density at radius 3 is 1.93 bits per heavy atom. The fraction of sp³-hybridized carbons (Fsp3) is 0.158. The van der Waals surface area contributed by atoms with Gasteiger partial charge in [-0.05, 0) is 95.4 Å². The smallest absolute Gasteiger partial charge is 0.337 e. The molecular weight excluding hydrogens is 761 g/mol. The zero-order valence-electron chi connectivity index (χ0n) is 28.3. The van der Waals surface area contributed by atoms with E-state index in [0.29, 0.717) is 35.8 Å². The Balaban J connectivity index is 1.04. The van der Waals surface area contributed by atoms with Crippen LogP contribution in [-0.2, 0) is 33.0 Å². The number of hydrogen-bond donors (Lipinski definition) is 4. The normalized spacial score (nSPS) is 13.5. The highest BCUT2D eigenvalue weighted by atomic mass is 35.5. The van der Waals surface area contributed by atoms with E-state index in [-0.39, 0.29) is 51.4 Å². The Kier molecular flexibility index (Phi) is 11.2. The van der Waals surface area contributed by atoms with Gasteiger partial charge in [0.25, 0.3) is 10.0 Å². The summed E-state index contributed by atoms with van der Waals surface area (Å²) in [6, 6.07) is 27.1. The zero-order chi connectivity index (χ0) is 38.6. The molecule has 12 nitrogen and oxygen atoms in total. The number of rotatable bonds is 15. The maximum atomic E-state index is 13.2. The number of aryl methyl sites for hydroxylation is 1. The molecule has 0 radical (unpaired) electrons. The molecule has 16 heteroatoms. The summed E-state index contributed by atoms with van der Waals surface area (Å²) in [4.78, 5) is 26.1. The van der Waals surface area contributed by atoms with Gasteiger partial charge >= 0.3 is 11.9 Å². The zero-order valence-corrected chi connectivity index (χ0v) is 30.7. The quantitative estimate of drug-likeness (QED) is 0.0904. The van der Waals surface area contributed by atoms with E-state index >= 15 is 0 Å². The molecule has 1 fully saturated rings. The summed E-state index contributed by atoms with van der Waals surface area (Å²) in [5, 5.41) is 20.3. The number of benzene rings is 5. The van der Waals surface area contributed by atoms with Crippen molar-refractivity contribution in [1.29, 1.82) is 0 Å². The molecule has 5 aromatic rings. The molecule has 0 saturated carbocycles. The van der Waals surface area contributed by atoms with Gasteiger partial charge in [0.1, 0.15) is 17.7 Å². The fourth-order valence-corrected chi connectivity index (χ4v) is 8.11. The maximum Gasteiger partial charge on any atom is 0.337 e. The van der Waals surface area contributed by atoms with Crippen LogP contribution in [0.1, 0.15) is 31.8 Å². The topological polar surface area (TPSA) is 179 Å². The van der Waals surface area contributed by atoms with E-state index in [1.807, 2.05) is 17.0 Å². The van der Waals surface area contributed by atoms with E-state index in [4.69, 9.17) is 16.3 Å². The standard InChI is InChI=1S/C38H33ClFN3O9S2/c39-28-8-4-26(5-9-28)27-6-13-32(14-7-27)54(50,51)42-36-15-3-25(19-33(36)37(44)45)21-43-22-31(23-43)52-30-12-16-35(34(20-30)38(46)47)41-53(48,49)18-17-24-1-10-29(40)11-2-24/h1-16,19-20,31,41-42H,17-18,21-23H2,(H,44,45)(H,46,47). The summed E-state index contributed by atoms with van der Waals surface area (Å²) in [6.45, 7) is 1.17. The average molecular weight is 794 g/mol. The van der Waals surface area contributed by atoms with E-state index in [2.05, 4.69) is 9.44 Å². The number of carbonyl (C=O) groups is 2. The highest BCUT2D eigenvalue weighted by Gasteiger charge is 2.30. The van der Waals surface area contributed by atoms with E-state index in [1.165, 1.54) is 66.7 Å². The van der Waals surface area contributed by atoms with Gasteiger partial charge in [-0.2, -0.15) is 0 Å². The number of nitrogens with one attached hydrogen (secondary N) is 2. The number of sulfonamides is 2. The molecule has 6 rings (SSSR count). The lowest BCUT2D eigenvalue weighted by atomic mass is 10.1. The molecule has 1 heterocycles. The molecule has 54 heavy (non-hydrogen) atoms. The summed E-state index contributed by atoms with van der Waals surface area (Å²) in [5.74, 6) is -3.25. The molecule has 1 aliphatic heterocycles. The lowest BCUT2D eigenvalue weighted by Crippen LogP contribution is -2.53. The van der Waals surface area contributed by atoms with Gasteiger partial charge in [0.05, 0.1) is 33.2 Å². The van der Waals surface area contributed by atoms with Crippen molar-refractivity contribution in [3.05, 3.63) is 142 Å². The minimum atomic E-state index is -4.12. The van der Waals surface area contributed by atoms with Crippen LogP contribution in [0.25, 0.3) is 11.1 Å². The van der Waals surface area contributed by atoms with Gasteiger partial charge in [-0.15, -0.1) is 0 Å². The van der Waals surface area contributed by atoms with Crippen molar-refractivity contribution < 1.29 is 45.8 Å². The molecular formula is C38H33ClFN3O9S2. The first kappa shape index (κ1) is 38.3. The van der Waals surface area contributed by atoms with Gasteiger partial charge in [-0.25, -0.2) is 30.8 Å². The van der Waals surface area contributed by atoms with Crippen molar-refractivity contribution in [1.82, 2.24) is 4.90 Å². The Labute approximate surface area is 315 Å². The van der Waals surface area contributed by atoms with E-state index < -0.39 is 37.8 Å². The van der Waals surface area contributed by atoms with Crippen LogP contribution in [0.2, 0.25) is 5.02 Å². The van der Waals surface area contributed by atoms with Crippen molar-refractivity contribution in [3.63, 3.8) is 0 Å². The molecule has 4 N–H and O–H groups in total. The molecule has 1 saturated heterocycles. The fourth-order valence-electron chi connectivity index (χ4n) is 5.79. The first-order valence-corrected chi connectivity index (χ1v) is 19.9. The molecule has 0 atom stereocenters. The van der Waals surface area contributed by atoms with Crippen molar-refractivity contribution >= 4 is 55.0 Å². The third-order valence-electron chi connectivity index (χ3n) is 8.59. The number of likely N-dealkylation sites (tertiary alicyclic amines) is 1. The van der Waals surface area contributed by atoms with Crippen molar-refractivity contribution in [2.24, 2.45) is 0 Å². The van der Waals surface area contributed by atoms with Crippen molar-refractivity contribution in [2.75, 3.05) is 28.3 Å². The predicted octanol–water partition coefficient (Wildman–Crippen LogP) is 6.59. The molecule has 0 amide bonds. The molecule has 280 valence electrons. The van der Waals surface area contributed by atoms with Crippen molar-refractivity contribution in [2.45, 2.75) is 24.0 Å². The van der Waals surface area contributed by atoms with Crippen LogP contribution in [0, 0.1) is 5.82 Å². The van der Waals surface area contributed by atoms with E-state index in [9.17, 15) is 41.0 Å².